The molecule has 0 bridgehead atoms. The number of carbonyl (C=O) groups excluding carboxylic acids is 1. The Labute approximate surface area is 217 Å². The average Bonchev–Trinajstić information content (AvgIpc) is 2.96. The Morgan fingerprint density at radius 3 is 2.69 bits per heavy atom. The molecule has 0 aliphatic carbocycles. The number of rotatable bonds is 6. The summed E-state index contributed by atoms with van der Waals surface area (Å²) in [7, 11) is 2.12. The van der Waals surface area contributed by atoms with E-state index in [4.69, 9.17) is 11.6 Å². The van der Waals surface area contributed by atoms with Crippen molar-refractivity contribution in [3.8, 4) is 0 Å². The number of likely N-dealkylation sites (N-methyl/N-ethyl adjacent to an activating group) is 1. The third-order valence-electron chi connectivity index (χ3n) is 7.46. The highest BCUT2D eigenvalue weighted by Crippen LogP contribution is 2.38. The number of fused-ring (bicyclic) bond motifs is 1. The maximum Gasteiger partial charge on any atom is 0.253 e. The van der Waals surface area contributed by atoms with E-state index in [9.17, 15) is 13.6 Å². The maximum absolute atomic E-state index is 14.7. The fraction of sp³-hybridized carbons (Fsp3) is 0.556. The lowest BCUT2D eigenvalue weighted by atomic mass is 9.84. The molecular weight excluding hydrogens is 484 g/mol. The number of halogens is 3. The number of carbonyl (C=O) groups is 1. The lowest BCUT2D eigenvalue weighted by Gasteiger charge is -2.32. The summed E-state index contributed by atoms with van der Waals surface area (Å²) in [5.74, 6) is -0.742. The van der Waals surface area contributed by atoms with Crippen molar-refractivity contribution in [3.05, 3.63) is 57.2 Å². The lowest BCUT2D eigenvalue weighted by Crippen LogP contribution is -2.46. The Balaban J connectivity index is 1.56. The molecule has 196 valence electrons. The first kappa shape index (κ1) is 26.8. The Morgan fingerprint density at radius 2 is 1.92 bits per heavy atom. The molecule has 4 rings (SSSR count). The number of pyridine rings is 1. The zero-order valence-corrected chi connectivity index (χ0v) is 21.9. The van der Waals surface area contributed by atoms with Crippen LogP contribution in [0.15, 0.2) is 18.3 Å². The predicted molar refractivity (Wildman–Crippen MR) is 140 cm³/mol. The molecule has 1 amide bonds. The van der Waals surface area contributed by atoms with Crippen LogP contribution in [0.1, 0.15) is 58.6 Å². The van der Waals surface area contributed by atoms with E-state index in [1.807, 2.05) is 6.92 Å². The summed E-state index contributed by atoms with van der Waals surface area (Å²) in [6.45, 7) is 8.13. The third-order valence-corrected chi connectivity index (χ3v) is 7.87. The van der Waals surface area contributed by atoms with Crippen LogP contribution in [0.5, 0.6) is 0 Å². The quantitative estimate of drug-likeness (QED) is 0.546. The van der Waals surface area contributed by atoms with Crippen LogP contribution < -0.4 is 10.6 Å². The van der Waals surface area contributed by atoms with Gasteiger partial charge < -0.3 is 15.5 Å². The number of hydrogen-bond acceptors (Lipinski definition) is 5. The van der Waals surface area contributed by atoms with Crippen molar-refractivity contribution in [2.24, 2.45) is 0 Å². The molecule has 1 atom stereocenters. The van der Waals surface area contributed by atoms with E-state index in [-0.39, 0.29) is 28.8 Å². The number of anilines is 1. The van der Waals surface area contributed by atoms with Gasteiger partial charge in [0.25, 0.3) is 5.91 Å². The summed E-state index contributed by atoms with van der Waals surface area (Å²) in [5.41, 5.74) is 2.41. The van der Waals surface area contributed by atoms with Crippen molar-refractivity contribution < 1.29 is 13.6 Å². The van der Waals surface area contributed by atoms with E-state index < -0.39 is 11.6 Å². The van der Waals surface area contributed by atoms with Crippen LogP contribution in [0.4, 0.5) is 14.6 Å². The normalized spacial score (nSPS) is 19.5. The molecule has 1 aromatic carbocycles. The standard InChI is InChI=1S/C27H36ClF2N5O/c1-18-21(27(36)32-10-11-35-14-12-34(2)13-15-35)17-33-26-24(18)19(6-4-3-5-9-31-26)16-20-22(29)7-8-23(30)25(20)28/h7-8,17,19H,3-6,9-16H2,1-2H3,(H,31,33)(H,32,36). The molecular formula is C27H36ClF2N5O. The Kier molecular flexibility index (Phi) is 9.14. The molecule has 2 aromatic rings. The second-order valence-electron chi connectivity index (χ2n) is 9.96. The van der Waals surface area contributed by atoms with Gasteiger partial charge in [-0.1, -0.05) is 24.4 Å². The van der Waals surface area contributed by atoms with Crippen molar-refractivity contribution in [2.45, 2.75) is 44.9 Å². The van der Waals surface area contributed by atoms with Gasteiger partial charge in [-0.2, -0.15) is 0 Å². The summed E-state index contributed by atoms with van der Waals surface area (Å²) in [6, 6.07) is 2.18. The van der Waals surface area contributed by atoms with Crippen LogP contribution in [-0.2, 0) is 6.42 Å². The number of amides is 1. The van der Waals surface area contributed by atoms with Crippen LogP contribution in [0.2, 0.25) is 5.02 Å². The molecule has 2 aliphatic rings. The molecule has 2 N–H and O–H groups in total. The Hall–Kier alpha value is -2.29. The molecule has 1 fully saturated rings. The molecule has 1 saturated heterocycles. The van der Waals surface area contributed by atoms with Crippen LogP contribution in [0.3, 0.4) is 0 Å². The SMILES string of the molecule is Cc1c(C(=O)NCCN2CCN(C)CC2)cnc2c1C(Cc1c(F)ccc(F)c1Cl)CCCCCN2. The molecule has 36 heavy (non-hydrogen) atoms. The van der Waals surface area contributed by atoms with E-state index in [1.54, 1.807) is 6.20 Å². The van der Waals surface area contributed by atoms with Gasteiger partial charge in [0.05, 0.1) is 10.6 Å². The summed E-state index contributed by atoms with van der Waals surface area (Å²) < 4.78 is 28.9. The van der Waals surface area contributed by atoms with E-state index in [2.05, 4.69) is 32.5 Å². The molecule has 1 unspecified atom stereocenters. The maximum atomic E-state index is 14.7. The van der Waals surface area contributed by atoms with Crippen LogP contribution in [-0.4, -0.2) is 73.6 Å². The first-order chi connectivity index (χ1) is 17.3. The molecule has 0 radical (unpaired) electrons. The van der Waals surface area contributed by atoms with Gasteiger partial charge in [-0.3, -0.25) is 9.69 Å². The zero-order chi connectivity index (χ0) is 25.7. The van der Waals surface area contributed by atoms with E-state index >= 15 is 0 Å². The molecule has 6 nitrogen and oxygen atoms in total. The minimum atomic E-state index is -0.627. The molecule has 0 saturated carbocycles. The summed E-state index contributed by atoms with van der Waals surface area (Å²) in [6.07, 6.45) is 5.61. The highest BCUT2D eigenvalue weighted by Gasteiger charge is 2.26. The van der Waals surface area contributed by atoms with Crippen molar-refractivity contribution in [1.82, 2.24) is 20.1 Å². The van der Waals surface area contributed by atoms with Gasteiger partial charge in [0.2, 0.25) is 0 Å². The minimum Gasteiger partial charge on any atom is -0.370 e. The second kappa shape index (κ2) is 12.3. The number of nitrogens with one attached hydrogen (secondary N) is 2. The van der Waals surface area contributed by atoms with Crippen LogP contribution in [0, 0.1) is 18.6 Å². The number of aromatic nitrogens is 1. The average molecular weight is 520 g/mol. The highest BCUT2D eigenvalue weighted by molar-refractivity contribution is 6.31. The monoisotopic (exact) mass is 519 g/mol. The molecule has 3 heterocycles. The fourth-order valence-electron chi connectivity index (χ4n) is 5.23. The van der Waals surface area contributed by atoms with Gasteiger partial charge in [0.1, 0.15) is 17.5 Å². The minimum absolute atomic E-state index is 0.148. The fourth-order valence-corrected chi connectivity index (χ4v) is 5.46. The lowest BCUT2D eigenvalue weighted by molar-refractivity contribution is 0.0940. The van der Waals surface area contributed by atoms with Gasteiger partial charge >= 0.3 is 0 Å². The van der Waals surface area contributed by atoms with Crippen molar-refractivity contribution >= 4 is 23.3 Å². The Bertz CT molecular complexity index is 1070. The molecule has 1 aromatic heterocycles. The number of nitrogens with zero attached hydrogens (tertiary/aromatic N) is 3. The van der Waals surface area contributed by atoms with Gasteiger partial charge in [0.15, 0.2) is 0 Å². The molecule has 2 aliphatic heterocycles. The van der Waals surface area contributed by atoms with Gasteiger partial charge in [0, 0.05) is 63.1 Å². The van der Waals surface area contributed by atoms with Crippen LogP contribution >= 0.6 is 11.6 Å². The smallest absolute Gasteiger partial charge is 0.253 e. The van der Waals surface area contributed by atoms with E-state index in [0.717, 1.165) is 88.2 Å². The van der Waals surface area contributed by atoms with Crippen molar-refractivity contribution in [1.29, 1.82) is 0 Å². The van der Waals surface area contributed by atoms with Crippen molar-refractivity contribution in [2.75, 3.05) is 58.2 Å². The summed E-state index contributed by atoms with van der Waals surface area (Å²) in [4.78, 5) is 22.4. The van der Waals surface area contributed by atoms with E-state index in [1.165, 1.54) is 0 Å². The highest BCUT2D eigenvalue weighted by atomic mass is 35.5. The molecule has 0 spiro atoms. The zero-order valence-electron chi connectivity index (χ0n) is 21.2. The number of hydrogen-bond donors (Lipinski definition) is 2. The number of benzene rings is 1. The largest absolute Gasteiger partial charge is 0.370 e. The van der Waals surface area contributed by atoms with Gasteiger partial charge in [-0.15, -0.1) is 0 Å². The van der Waals surface area contributed by atoms with Crippen molar-refractivity contribution in [3.63, 3.8) is 0 Å². The predicted octanol–water partition coefficient (Wildman–Crippen LogP) is 4.61. The van der Waals surface area contributed by atoms with E-state index in [0.29, 0.717) is 17.9 Å². The number of piperazine rings is 1. The summed E-state index contributed by atoms with van der Waals surface area (Å²) >= 11 is 6.18. The third kappa shape index (κ3) is 6.33. The molecule has 9 heteroatoms. The topological polar surface area (TPSA) is 60.5 Å². The first-order valence-corrected chi connectivity index (χ1v) is 13.3. The summed E-state index contributed by atoms with van der Waals surface area (Å²) in [5, 5.41) is 6.28. The second-order valence-corrected chi connectivity index (χ2v) is 10.3. The van der Waals surface area contributed by atoms with Gasteiger partial charge in [-0.25, -0.2) is 13.8 Å². The first-order valence-electron chi connectivity index (χ1n) is 12.9. The van der Waals surface area contributed by atoms with Crippen LogP contribution in [0.25, 0.3) is 0 Å². The van der Waals surface area contributed by atoms with Gasteiger partial charge in [-0.05, 0) is 56.8 Å². The Morgan fingerprint density at radius 1 is 1.17 bits per heavy atom.